The Hall–Kier alpha value is -2.89. The number of benzene rings is 3. The Balaban J connectivity index is 1.54. The van der Waals surface area contributed by atoms with Gasteiger partial charge in [0.15, 0.2) is 0 Å². The molecule has 196 valence electrons. The molecule has 4 atom stereocenters. The van der Waals surface area contributed by atoms with Gasteiger partial charge in [0.25, 0.3) is 5.91 Å². The molecule has 1 saturated carbocycles. The Morgan fingerprint density at radius 3 is 2.65 bits per heavy atom. The molecule has 1 aliphatic carbocycles. The van der Waals surface area contributed by atoms with Crippen molar-refractivity contribution in [3.8, 4) is 5.75 Å². The van der Waals surface area contributed by atoms with Gasteiger partial charge in [-0.05, 0) is 79.4 Å². The van der Waals surface area contributed by atoms with Crippen LogP contribution >= 0.6 is 0 Å². The van der Waals surface area contributed by atoms with E-state index in [-0.39, 0.29) is 23.3 Å². The summed E-state index contributed by atoms with van der Waals surface area (Å²) < 4.78 is 5.59. The highest BCUT2D eigenvalue weighted by Crippen LogP contribution is 2.50. The van der Waals surface area contributed by atoms with Crippen molar-refractivity contribution >= 4 is 16.7 Å². The summed E-state index contributed by atoms with van der Waals surface area (Å²) >= 11 is 0. The quantitative estimate of drug-likeness (QED) is 0.495. The predicted octanol–water partition coefficient (Wildman–Crippen LogP) is 5.36. The summed E-state index contributed by atoms with van der Waals surface area (Å²) in [5, 5.41) is 13.8. The second kappa shape index (κ2) is 10.5. The highest BCUT2D eigenvalue weighted by molar-refractivity contribution is 5.98. The summed E-state index contributed by atoms with van der Waals surface area (Å²) in [5.74, 6) is 1.34. The van der Waals surface area contributed by atoms with E-state index in [0.29, 0.717) is 18.9 Å². The highest BCUT2D eigenvalue weighted by atomic mass is 16.5. The number of piperidine rings is 1. The summed E-state index contributed by atoms with van der Waals surface area (Å²) in [4.78, 5) is 18.5. The molecule has 1 N–H and O–H groups in total. The van der Waals surface area contributed by atoms with Gasteiger partial charge in [-0.25, -0.2) is 0 Å². The topological polar surface area (TPSA) is 53.0 Å². The lowest BCUT2D eigenvalue weighted by Crippen LogP contribution is -2.61. The van der Waals surface area contributed by atoms with Crippen LogP contribution in [-0.4, -0.2) is 66.8 Å². The molecule has 3 aromatic rings. The molecule has 5 nitrogen and oxygen atoms in total. The predicted molar refractivity (Wildman–Crippen MR) is 149 cm³/mol. The van der Waals surface area contributed by atoms with Crippen LogP contribution in [0.1, 0.15) is 49.0 Å². The third kappa shape index (κ3) is 4.99. The number of hydrogen-bond donors (Lipinski definition) is 1. The summed E-state index contributed by atoms with van der Waals surface area (Å²) in [6, 6.07) is 22.5. The Morgan fingerprint density at radius 1 is 1.11 bits per heavy atom. The zero-order valence-corrected chi connectivity index (χ0v) is 22.6. The van der Waals surface area contributed by atoms with Gasteiger partial charge in [0.2, 0.25) is 0 Å². The van der Waals surface area contributed by atoms with Crippen LogP contribution in [0.2, 0.25) is 0 Å². The maximum atomic E-state index is 14.1. The molecule has 0 bridgehead atoms. The molecule has 0 radical (unpaired) electrons. The van der Waals surface area contributed by atoms with E-state index in [1.807, 2.05) is 36.4 Å². The van der Waals surface area contributed by atoms with Gasteiger partial charge in [-0.2, -0.15) is 0 Å². The number of carbonyl (C=O) groups is 1. The maximum Gasteiger partial charge on any atom is 0.254 e. The molecule has 0 spiro atoms. The number of aliphatic hydroxyl groups excluding tert-OH is 1. The molecule has 1 saturated heterocycles. The average Bonchev–Trinajstić information content (AvgIpc) is 2.91. The molecule has 1 aliphatic heterocycles. The summed E-state index contributed by atoms with van der Waals surface area (Å²) in [6.45, 7) is 6.82. The zero-order valence-electron chi connectivity index (χ0n) is 22.6. The van der Waals surface area contributed by atoms with E-state index in [1.165, 1.54) is 5.56 Å². The van der Waals surface area contributed by atoms with Crippen LogP contribution < -0.4 is 4.74 Å². The third-order valence-electron chi connectivity index (χ3n) is 8.64. The lowest BCUT2D eigenvalue weighted by atomic mass is 9.56. The number of methoxy groups -OCH3 is 1. The third-order valence-corrected chi connectivity index (χ3v) is 8.64. The number of ether oxygens (including phenoxy) is 1. The van der Waals surface area contributed by atoms with Crippen LogP contribution in [0, 0.1) is 11.8 Å². The van der Waals surface area contributed by atoms with E-state index in [0.717, 1.165) is 48.0 Å². The molecular weight excluding hydrogens is 460 g/mol. The lowest BCUT2D eigenvalue weighted by Gasteiger charge is -2.56. The number of amides is 1. The molecule has 2 fully saturated rings. The summed E-state index contributed by atoms with van der Waals surface area (Å²) in [7, 11) is 3.84. The minimum absolute atomic E-state index is 0.0396. The Kier molecular flexibility index (Phi) is 7.28. The van der Waals surface area contributed by atoms with Gasteiger partial charge in [0.1, 0.15) is 5.75 Å². The van der Waals surface area contributed by atoms with E-state index >= 15 is 0 Å². The standard InChI is InChI=1S/C32H40N2O3/c1-22(2)20-34(31(36)25-13-12-23-8-5-6-9-24(23)16-25)27-18-30(35)29-21-33(3)15-14-32(29,19-27)26-10-7-11-28(17-26)37-4/h5-13,16-17,22,27,29-30,35H,14-15,18-21H2,1-4H3. The largest absolute Gasteiger partial charge is 0.497 e. The summed E-state index contributed by atoms with van der Waals surface area (Å²) in [6.07, 6.45) is 1.93. The Morgan fingerprint density at radius 2 is 1.89 bits per heavy atom. The SMILES string of the molecule is COc1cccc(C23CCN(C)CC2C(O)CC(N(CC(C)C)C(=O)c2ccc4ccccc4c2)C3)c1. The van der Waals surface area contributed by atoms with Crippen molar-refractivity contribution in [3.05, 3.63) is 77.9 Å². The summed E-state index contributed by atoms with van der Waals surface area (Å²) in [5.41, 5.74) is 1.73. The monoisotopic (exact) mass is 500 g/mol. The first-order chi connectivity index (χ1) is 17.8. The molecule has 2 aliphatic rings. The van der Waals surface area contributed by atoms with Gasteiger partial charge < -0.3 is 19.6 Å². The van der Waals surface area contributed by atoms with Crippen molar-refractivity contribution < 1.29 is 14.6 Å². The van der Waals surface area contributed by atoms with E-state index < -0.39 is 6.10 Å². The number of aliphatic hydroxyl groups is 1. The first kappa shape index (κ1) is 25.7. The zero-order chi connectivity index (χ0) is 26.2. The molecule has 4 unspecified atom stereocenters. The number of rotatable bonds is 6. The second-order valence-corrected chi connectivity index (χ2v) is 11.6. The Bertz CT molecular complexity index is 1260. The van der Waals surface area contributed by atoms with E-state index in [9.17, 15) is 9.90 Å². The number of carbonyl (C=O) groups excluding carboxylic acids is 1. The van der Waals surface area contributed by atoms with Crippen molar-refractivity contribution in [3.63, 3.8) is 0 Å². The van der Waals surface area contributed by atoms with E-state index in [2.05, 4.69) is 61.0 Å². The minimum atomic E-state index is -0.480. The molecular formula is C32H40N2O3. The average molecular weight is 501 g/mol. The van der Waals surface area contributed by atoms with Gasteiger partial charge in [-0.15, -0.1) is 0 Å². The second-order valence-electron chi connectivity index (χ2n) is 11.6. The molecule has 37 heavy (non-hydrogen) atoms. The Labute approximate surface area is 221 Å². The minimum Gasteiger partial charge on any atom is -0.497 e. The van der Waals surface area contributed by atoms with Crippen molar-refractivity contribution in [2.45, 2.75) is 50.7 Å². The fraction of sp³-hybridized carbons (Fsp3) is 0.469. The van der Waals surface area contributed by atoms with Gasteiger partial charge in [-0.1, -0.05) is 56.3 Å². The van der Waals surface area contributed by atoms with Crippen molar-refractivity contribution in [1.29, 1.82) is 0 Å². The van der Waals surface area contributed by atoms with Gasteiger partial charge >= 0.3 is 0 Å². The highest BCUT2D eigenvalue weighted by Gasteiger charge is 2.53. The fourth-order valence-corrected chi connectivity index (χ4v) is 6.79. The lowest BCUT2D eigenvalue weighted by molar-refractivity contribution is -0.0606. The van der Waals surface area contributed by atoms with Crippen molar-refractivity contribution in [2.75, 3.05) is 33.8 Å². The normalized spacial score (nSPS) is 26.2. The molecule has 1 amide bonds. The van der Waals surface area contributed by atoms with Crippen LogP contribution in [0.5, 0.6) is 5.75 Å². The maximum absolute atomic E-state index is 14.1. The van der Waals surface area contributed by atoms with Gasteiger partial charge in [0, 0.05) is 36.0 Å². The molecule has 0 aromatic heterocycles. The van der Waals surface area contributed by atoms with Crippen LogP contribution in [0.4, 0.5) is 0 Å². The molecule has 1 heterocycles. The van der Waals surface area contributed by atoms with Gasteiger partial charge in [-0.3, -0.25) is 4.79 Å². The van der Waals surface area contributed by atoms with Crippen LogP contribution in [0.3, 0.4) is 0 Å². The number of hydrogen-bond acceptors (Lipinski definition) is 4. The number of likely N-dealkylation sites (tertiary alicyclic amines) is 1. The number of fused-ring (bicyclic) bond motifs is 2. The first-order valence-corrected chi connectivity index (χ1v) is 13.6. The van der Waals surface area contributed by atoms with Crippen LogP contribution in [0.25, 0.3) is 10.8 Å². The van der Waals surface area contributed by atoms with Crippen molar-refractivity contribution in [1.82, 2.24) is 9.80 Å². The van der Waals surface area contributed by atoms with E-state index in [4.69, 9.17) is 4.74 Å². The van der Waals surface area contributed by atoms with E-state index in [1.54, 1.807) is 7.11 Å². The van der Waals surface area contributed by atoms with Gasteiger partial charge in [0.05, 0.1) is 13.2 Å². The first-order valence-electron chi connectivity index (χ1n) is 13.6. The smallest absolute Gasteiger partial charge is 0.254 e. The number of nitrogens with zero attached hydrogens (tertiary/aromatic N) is 2. The molecule has 3 aromatic carbocycles. The van der Waals surface area contributed by atoms with Crippen LogP contribution in [0.15, 0.2) is 66.7 Å². The fourth-order valence-electron chi connectivity index (χ4n) is 6.79. The molecule has 5 rings (SSSR count). The van der Waals surface area contributed by atoms with Crippen LogP contribution in [-0.2, 0) is 5.41 Å². The molecule has 5 heteroatoms. The van der Waals surface area contributed by atoms with Crippen molar-refractivity contribution in [2.24, 2.45) is 11.8 Å².